The van der Waals surface area contributed by atoms with Crippen molar-refractivity contribution in [3.63, 3.8) is 0 Å². The van der Waals surface area contributed by atoms with Gasteiger partial charge < -0.3 is 40.5 Å². The molecule has 14 nitrogen and oxygen atoms in total. The summed E-state index contributed by atoms with van der Waals surface area (Å²) in [5.41, 5.74) is 3.82. The Morgan fingerprint density at radius 3 is 2.02 bits per heavy atom. The van der Waals surface area contributed by atoms with Crippen molar-refractivity contribution in [1.82, 2.24) is 25.1 Å². The van der Waals surface area contributed by atoms with E-state index in [-0.39, 0.29) is 30.7 Å². The normalized spacial score (nSPS) is 11.2. The maximum absolute atomic E-state index is 13.1. The van der Waals surface area contributed by atoms with Gasteiger partial charge >= 0.3 is 0 Å². The number of amides is 3. The lowest BCUT2D eigenvalue weighted by molar-refractivity contribution is -0.404. The van der Waals surface area contributed by atoms with Gasteiger partial charge in [-0.15, -0.1) is 0 Å². The minimum Gasteiger partial charge on any atom is -0.497 e. The number of aryl methyl sites for hydroxylation is 2. The molecule has 0 aliphatic carbocycles. The lowest BCUT2D eigenvalue weighted by atomic mass is 10.1. The van der Waals surface area contributed by atoms with Gasteiger partial charge in [-0.1, -0.05) is 36.4 Å². The molecule has 14 heteroatoms. The topological polar surface area (TPSA) is 174 Å². The van der Waals surface area contributed by atoms with Gasteiger partial charge in [-0.05, 0) is 47.5 Å². The summed E-state index contributed by atoms with van der Waals surface area (Å²) < 4.78 is 8.42. The van der Waals surface area contributed by atoms with E-state index >= 15 is 0 Å². The van der Waals surface area contributed by atoms with Gasteiger partial charge in [0, 0.05) is 52.2 Å². The van der Waals surface area contributed by atoms with Crippen LogP contribution in [0.1, 0.15) is 42.5 Å². The van der Waals surface area contributed by atoms with Crippen LogP contribution in [0.5, 0.6) is 5.75 Å². The lowest BCUT2D eigenvalue weighted by Crippen LogP contribution is -2.34. The summed E-state index contributed by atoms with van der Waals surface area (Å²) in [6.07, 6.45) is 7.94. The fourth-order valence-electron chi connectivity index (χ4n) is 4.57. The molecule has 47 heavy (non-hydrogen) atoms. The van der Waals surface area contributed by atoms with E-state index in [0.717, 1.165) is 23.1 Å². The molecular formula is C33H36N8O6. The monoisotopic (exact) mass is 640 g/mol. The summed E-state index contributed by atoms with van der Waals surface area (Å²) in [6, 6.07) is 17.9. The van der Waals surface area contributed by atoms with Crippen LogP contribution < -0.4 is 31.3 Å². The predicted molar refractivity (Wildman–Crippen MR) is 180 cm³/mol. The summed E-state index contributed by atoms with van der Waals surface area (Å²) in [7, 11) is 6.52. The van der Waals surface area contributed by atoms with E-state index in [1.165, 1.54) is 13.1 Å². The van der Waals surface area contributed by atoms with Crippen LogP contribution in [0.15, 0.2) is 85.1 Å². The molecular weight excluding hydrogens is 604 g/mol. The number of benzene rings is 2. The number of carbonyl (C=O) groups is 3. The number of nitrogens with zero attached hydrogens (tertiary/aromatic N) is 3. The standard InChI is InChI=1S/C33H36N8O6/c1-34-30(21-41(45)46)35-14-15-36-32(43)28-17-26(20-39(28)2)38-33(44)29-18-25(19-40(29)3)37-31(42)24-12-10-22(11-13-24)8-9-23-6-5-7-27(16-23)47-4/h5-13,16-21,34-35H,14-15H2,1-4H3,(H,36,43)(H,37,42)(H,38,44)/b9-8+,30-21+. The highest BCUT2D eigenvalue weighted by atomic mass is 16.6. The Balaban J connectivity index is 1.31. The summed E-state index contributed by atoms with van der Waals surface area (Å²) in [6.45, 7) is 0.451. The van der Waals surface area contributed by atoms with Crippen molar-refractivity contribution in [3.8, 4) is 5.75 Å². The number of hydrogen-bond acceptors (Lipinski definition) is 8. The average Bonchev–Trinajstić information content (AvgIpc) is 3.62. The third kappa shape index (κ3) is 9.34. The van der Waals surface area contributed by atoms with Crippen molar-refractivity contribution in [2.75, 3.05) is 37.9 Å². The largest absolute Gasteiger partial charge is 0.497 e. The third-order valence-electron chi connectivity index (χ3n) is 6.96. The Morgan fingerprint density at radius 1 is 0.809 bits per heavy atom. The average molecular weight is 641 g/mol. The van der Waals surface area contributed by atoms with E-state index in [2.05, 4.69) is 26.6 Å². The number of carbonyl (C=O) groups excluding carboxylic acids is 3. The van der Waals surface area contributed by atoms with Gasteiger partial charge in [0.25, 0.3) is 23.9 Å². The molecule has 0 unspecified atom stereocenters. The first-order chi connectivity index (χ1) is 22.6. The van der Waals surface area contributed by atoms with Crippen molar-refractivity contribution in [2.45, 2.75) is 0 Å². The molecule has 5 N–H and O–H groups in total. The molecule has 4 rings (SSSR count). The van der Waals surface area contributed by atoms with Crippen molar-refractivity contribution in [2.24, 2.45) is 14.1 Å². The van der Waals surface area contributed by atoms with Gasteiger partial charge in [-0.2, -0.15) is 0 Å². The summed E-state index contributed by atoms with van der Waals surface area (Å²) in [5.74, 6) is -0.160. The van der Waals surface area contributed by atoms with E-state index in [9.17, 15) is 24.5 Å². The molecule has 4 aromatic rings. The molecule has 2 aromatic heterocycles. The fraction of sp³-hybridized carbons (Fsp3) is 0.182. The van der Waals surface area contributed by atoms with Crippen LogP contribution >= 0.6 is 0 Å². The first-order valence-corrected chi connectivity index (χ1v) is 14.5. The molecule has 3 amide bonds. The number of nitrogens with one attached hydrogen (secondary N) is 5. The summed E-state index contributed by atoms with van der Waals surface area (Å²) in [4.78, 5) is 48.7. The zero-order valence-electron chi connectivity index (χ0n) is 26.4. The Labute approximate surface area is 271 Å². The Kier molecular flexibility index (Phi) is 11.2. The molecule has 244 valence electrons. The molecule has 0 bridgehead atoms. The Morgan fingerprint density at radius 2 is 1.40 bits per heavy atom. The Hall–Kier alpha value is -6.31. The summed E-state index contributed by atoms with van der Waals surface area (Å²) in [5, 5.41) is 24.4. The molecule has 0 fully saturated rings. The second-order valence-corrected chi connectivity index (χ2v) is 10.4. The highest BCUT2D eigenvalue weighted by Crippen LogP contribution is 2.19. The van der Waals surface area contributed by atoms with Gasteiger partial charge in [-0.25, -0.2) is 0 Å². The molecule has 2 aromatic carbocycles. The molecule has 0 atom stereocenters. The van der Waals surface area contributed by atoms with Crippen LogP contribution in [0.2, 0.25) is 0 Å². The zero-order valence-corrected chi connectivity index (χ0v) is 26.4. The van der Waals surface area contributed by atoms with Crippen LogP contribution in [0.25, 0.3) is 12.2 Å². The van der Waals surface area contributed by atoms with Crippen LogP contribution in [-0.4, -0.2) is 59.0 Å². The van der Waals surface area contributed by atoms with Crippen molar-refractivity contribution < 1.29 is 24.0 Å². The van der Waals surface area contributed by atoms with Gasteiger partial charge in [0.15, 0.2) is 5.82 Å². The first kappa shape index (κ1) is 33.6. The van der Waals surface area contributed by atoms with Crippen molar-refractivity contribution in [1.29, 1.82) is 0 Å². The second kappa shape index (κ2) is 15.6. The number of nitro groups is 1. The van der Waals surface area contributed by atoms with Gasteiger partial charge in [0.05, 0.1) is 23.4 Å². The number of hydrogen-bond donors (Lipinski definition) is 5. The number of rotatable bonds is 14. The van der Waals surface area contributed by atoms with Gasteiger partial charge in [0.1, 0.15) is 17.1 Å². The number of ether oxygens (including phenoxy) is 1. The molecule has 0 aliphatic heterocycles. The summed E-state index contributed by atoms with van der Waals surface area (Å²) >= 11 is 0. The van der Waals surface area contributed by atoms with Crippen molar-refractivity contribution >= 4 is 41.2 Å². The number of methoxy groups -OCH3 is 1. The molecule has 0 spiro atoms. The number of aromatic nitrogens is 2. The lowest BCUT2D eigenvalue weighted by Gasteiger charge is -2.09. The zero-order chi connectivity index (χ0) is 33.9. The predicted octanol–water partition coefficient (Wildman–Crippen LogP) is 3.66. The van der Waals surface area contributed by atoms with Crippen LogP contribution in [0.3, 0.4) is 0 Å². The molecule has 0 saturated carbocycles. The van der Waals surface area contributed by atoms with Gasteiger partial charge in [0.2, 0.25) is 0 Å². The molecule has 0 saturated heterocycles. The molecule has 0 radical (unpaired) electrons. The molecule has 2 heterocycles. The van der Waals surface area contributed by atoms with E-state index in [1.807, 2.05) is 48.6 Å². The van der Waals surface area contributed by atoms with Crippen LogP contribution in [-0.2, 0) is 14.1 Å². The molecule has 0 aliphatic rings. The van der Waals surface area contributed by atoms with Crippen LogP contribution in [0.4, 0.5) is 11.4 Å². The van der Waals surface area contributed by atoms with Gasteiger partial charge in [-0.3, -0.25) is 24.5 Å². The minimum atomic E-state index is -0.589. The minimum absolute atomic E-state index is 0.200. The van der Waals surface area contributed by atoms with Crippen LogP contribution in [0, 0.1) is 10.1 Å². The maximum atomic E-state index is 13.1. The van der Waals surface area contributed by atoms with E-state index in [4.69, 9.17) is 4.74 Å². The maximum Gasteiger partial charge on any atom is 0.274 e. The van der Waals surface area contributed by atoms with E-state index in [1.54, 1.807) is 60.9 Å². The van der Waals surface area contributed by atoms with E-state index < -0.39 is 10.8 Å². The third-order valence-corrected chi connectivity index (χ3v) is 6.96. The Bertz CT molecular complexity index is 1820. The first-order valence-electron chi connectivity index (χ1n) is 14.5. The SMILES string of the molecule is CN/C(=C\[N+](=O)[O-])NCCNC(=O)c1cc(NC(=O)c2cc(NC(=O)c3ccc(/C=C/c4cccc(OC)c4)cc3)cn2C)cn1C. The van der Waals surface area contributed by atoms with Crippen molar-refractivity contribution in [3.05, 3.63) is 123 Å². The smallest absolute Gasteiger partial charge is 0.274 e. The van der Waals surface area contributed by atoms with E-state index in [0.29, 0.717) is 28.3 Å². The fourth-order valence-corrected chi connectivity index (χ4v) is 4.57. The quantitative estimate of drug-likeness (QED) is 0.0601. The second-order valence-electron chi connectivity index (χ2n) is 10.4. The highest BCUT2D eigenvalue weighted by molar-refractivity contribution is 6.07. The number of anilines is 2. The highest BCUT2D eigenvalue weighted by Gasteiger charge is 2.17.